The average Bonchev–Trinajstić information content (AvgIpc) is 2.76. The molecule has 1 aliphatic heterocycles. The van der Waals surface area contributed by atoms with Gasteiger partial charge in [0.05, 0.1) is 5.69 Å². The summed E-state index contributed by atoms with van der Waals surface area (Å²) in [6.07, 6.45) is 22.0. The van der Waals surface area contributed by atoms with E-state index in [1.807, 2.05) is 0 Å². The molecule has 0 amide bonds. The van der Waals surface area contributed by atoms with Crippen LogP contribution in [0.1, 0.15) is 40.7 Å². The SMILES string of the molecule is C=C1/C=C\C=C/Nc2c1c1c(c3c2c2c(c4ccccc43)C=CCC2)CCC=C1. The Morgan fingerprint density at radius 1 is 0.759 bits per heavy atom. The molecule has 0 fully saturated rings. The standard InChI is InChI=1S/C28H23N/c1-18-10-8-9-17-29-28-25(18)23-15-6-7-16-24(23)26-21-13-4-2-11-19(21)20-12-3-5-14-22(20)27(26)28/h2-4,6,8-13,15,17,29H,1,5,7,14,16H2/b10-8-,17-9-. The van der Waals surface area contributed by atoms with E-state index in [0.29, 0.717) is 0 Å². The lowest BCUT2D eigenvalue weighted by atomic mass is 9.78. The molecule has 6 rings (SSSR count). The molecule has 0 radical (unpaired) electrons. The van der Waals surface area contributed by atoms with Gasteiger partial charge in [0.25, 0.3) is 0 Å². The minimum Gasteiger partial charge on any atom is -0.361 e. The first-order valence-electron chi connectivity index (χ1n) is 10.5. The van der Waals surface area contributed by atoms with Crippen LogP contribution in [0, 0.1) is 0 Å². The lowest BCUT2D eigenvalue weighted by Crippen LogP contribution is -2.09. The van der Waals surface area contributed by atoms with Crippen LogP contribution < -0.4 is 5.32 Å². The lowest BCUT2D eigenvalue weighted by Gasteiger charge is -2.28. The Balaban J connectivity index is 1.92. The summed E-state index contributed by atoms with van der Waals surface area (Å²) in [4.78, 5) is 0. The van der Waals surface area contributed by atoms with Crippen molar-refractivity contribution in [2.45, 2.75) is 25.7 Å². The molecule has 2 aliphatic carbocycles. The second-order valence-corrected chi connectivity index (χ2v) is 8.10. The van der Waals surface area contributed by atoms with Gasteiger partial charge in [0.15, 0.2) is 0 Å². The number of rotatable bonds is 0. The Kier molecular flexibility index (Phi) is 3.64. The third kappa shape index (κ3) is 2.34. The number of hydrogen-bond acceptors (Lipinski definition) is 1. The number of allylic oxidation sites excluding steroid dienone is 6. The molecular weight excluding hydrogens is 350 g/mol. The molecule has 0 saturated carbocycles. The second-order valence-electron chi connectivity index (χ2n) is 8.10. The number of fused-ring (bicyclic) bond motifs is 11. The van der Waals surface area contributed by atoms with Crippen LogP contribution in [-0.2, 0) is 12.8 Å². The second kappa shape index (κ2) is 6.35. The van der Waals surface area contributed by atoms with Crippen molar-refractivity contribution in [1.29, 1.82) is 0 Å². The lowest BCUT2D eigenvalue weighted by molar-refractivity contribution is 0.988. The van der Waals surface area contributed by atoms with Gasteiger partial charge in [0, 0.05) is 17.1 Å². The molecule has 1 heteroatoms. The molecule has 3 aromatic carbocycles. The first kappa shape index (κ1) is 16.6. The summed E-state index contributed by atoms with van der Waals surface area (Å²) >= 11 is 0. The largest absolute Gasteiger partial charge is 0.361 e. The minimum absolute atomic E-state index is 1.08. The Morgan fingerprint density at radius 2 is 1.48 bits per heavy atom. The van der Waals surface area contributed by atoms with Crippen LogP contribution in [0.4, 0.5) is 5.69 Å². The van der Waals surface area contributed by atoms with Gasteiger partial charge in [-0.1, -0.05) is 67.3 Å². The molecule has 1 nitrogen and oxygen atoms in total. The van der Waals surface area contributed by atoms with Gasteiger partial charge in [-0.05, 0) is 75.7 Å². The number of hydrogen-bond donors (Lipinski definition) is 1. The van der Waals surface area contributed by atoms with Gasteiger partial charge >= 0.3 is 0 Å². The fourth-order valence-electron chi connectivity index (χ4n) is 5.32. The van der Waals surface area contributed by atoms with E-state index < -0.39 is 0 Å². The van der Waals surface area contributed by atoms with E-state index in [-0.39, 0.29) is 0 Å². The maximum Gasteiger partial charge on any atom is 0.0548 e. The highest BCUT2D eigenvalue weighted by molar-refractivity contribution is 6.21. The van der Waals surface area contributed by atoms with Gasteiger partial charge in [0.2, 0.25) is 0 Å². The van der Waals surface area contributed by atoms with E-state index in [2.05, 4.69) is 84.9 Å². The van der Waals surface area contributed by atoms with Crippen LogP contribution in [0.15, 0.2) is 67.4 Å². The van der Waals surface area contributed by atoms with E-state index in [1.165, 1.54) is 55.0 Å². The van der Waals surface area contributed by atoms with E-state index in [9.17, 15) is 0 Å². The number of benzene rings is 3. The smallest absolute Gasteiger partial charge is 0.0548 e. The van der Waals surface area contributed by atoms with Gasteiger partial charge in [-0.25, -0.2) is 0 Å². The molecule has 0 atom stereocenters. The Bertz CT molecular complexity index is 1330. The predicted octanol–water partition coefficient (Wildman–Crippen LogP) is 7.42. The Morgan fingerprint density at radius 3 is 2.31 bits per heavy atom. The summed E-state index contributed by atoms with van der Waals surface area (Å²) in [6, 6.07) is 8.95. The highest BCUT2D eigenvalue weighted by Crippen LogP contribution is 2.48. The average molecular weight is 373 g/mol. The molecule has 3 aromatic rings. The van der Waals surface area contributed by atoms with E-state index >= 15 is 0 Å². The van der Waals surface area contributed by atoms with Crippen LogP contribution in [0.5, 0.6) is 0 Å². The topological polar surface area (TPSA) is 12.0 Å². The van der Waals surface area contributed by atoms with Gasteiger partial charge < -0.3 is 5.32 Å². The zero-order valence-corrected chi connectivity index (χ0v) is 16.5. The zero-order valence-electron chi connectivity index (χ0n) is 16.5. The molecule has 0 bridgehead atoms. The van der Waals surface area contributed by atoms with Crippen LogP contribution in [-0.4, -0.2) is 0 Å². The summed E-state index contributed by atoms with van der Waals surface area (Å²) < 4.78 is 0. The molecule has 0 saturated heterocycles. The Hall–Kier alpha value is -3.32. The molecule has 0 unspecified atom stereocenters. The van der Waals surface area contributed by atoms with Crippen molar-refractivity contribution < 1.29 is 0 Å². The summed E-state index contributed by atoms with van der Waals surface area (Å²) in [6.45, 7) is 4.44. The highest BCUT2D eigenvalue weighted by atomic mass is 14.8. The maximum absolute atomic E-state index is 4.44. The molecule has 1 N–H and O–H groups in total. The molecule has 0 spiro atoms. The van der Waals surface area contributed by atoms with Gasteiger partial charge in [0.1, 0.15) is 0 Å². The van der Waals surface area contributed by atoms with E-state index in [0.717, 1.165) is 31.3 Å². The summed E-state index contributed by atoms with van der Waals surface area (Å²) in [5.41, 5.74) is 9.25. The summed E-state index contributed by atoms with van der Waals surface area (Å²) in [7, 11) is 0. The van der Waals surface area contributed by atoms with Crippen LogP contribution in [0.3, 0.4) is 0 Å². The van der Waals surface area contributed by atoms with Crippen molar-refractivity contribution in [2.24, 2.45) is 0 Å². The van der Waals surface area contributed by atoms with E-state index in [1.54, 1.807) is 0 Å². The molecule has 0 aromatic heterocycles. The predicted molar refractivity (Wildman–Crippen MR) is 127 cm³/mol. The minimum atomic E-state index is 1.08. The molecule has 1 heterocycles. The maximum atomic E-state index is 4.44. The molecule has 29 heavy (non-hydrogen) atoms. The fraction of sp³-hybridized carbons (Fsp3) is 0.143. The van der Waals surface area contributed by atoms with Gasteiger partial charge in [-0.15, -0.1) is 0 Å². The molecule has 3 aliphatic rings. The third-order valence-electron chi connectivity index (χ3n) is 6.50. The van der Waals surface area contributed by atoms with Crippen LogP contribution in [0.2, 0.25) is 0 Å². The highest BCUT2D eigenvalue weighted by Gasteiger charge is 2.26. The number of anilines is 1. The van der Waals surface area contributed by atoms with E-state index in [4.69, 9.17) is 0 Å². The fourth-order valence-corrected chi connectivity index (χ4v) is 5.32. The first-order valence-corrected chi connectivity index (χ1v) is 10.5. The van der Waals surface area contributed by atoms with Crippen molar-refractivity contribution in [1.82, 2.24) is 0 Å². The Labute approximate surface area is 171 Å². The zero-order chi connectivity index (χ0) is 19.4. The van der Waals surface area contributed by atoms with Crippen molar-refractivity contribution in [3.05, 3.63) is 95.2 Å². The summed E-state index contributed by atoms with van der Waals surface area (Å²) in [5, 5.41) is 9.23. The number of nitrogens with one attached hydrogen (secondary N) is 1. The van der Waals surface area contributed by atoms with Crippen LogP contribution >= 0.6 is 0 Å². The monoisotopic (exact) mass is 373 g/mol. The van der Waals surface area contributed by atoms with Crippen LogP contribution in [0.25, 0.3) is 39.3 Å². The van der Waals surface area contributed by atoms with Crippen molar-refractivity contribution in [3.8, 4) is 0 Å². The van der Waals surface area contributed by atoms with Crippen molar-refractivity contribution in [3.63, 3.8) is 0 Å². The molecule has 140 valence electrons. The van der Waals surface area contributed by atoms with Crippen molar-refractivity contribution in [2.75, 3.05) is 5.32 Å². The first-order chi connectivity index (χ1) is 14.3. The van der Waals surface area contributed by atoms with Gasteiger partial charge in [-0.3, -0.25) is 0 Å². The molecular formula is C28H23N. The third-order valence-corrected chi connectivity index (χ3v) is 6.50. The van der Waals surface area contributed by atoms with Gasteiger partial charge in [-0.2, -0.15) is 0 Å². The quantitative estimate of drug-likeness (QED) is 0.404. The summed E-state index contributed by atoms with van der Waals surface area (Å²) in [5.74, 6) is 0. The van der Waals surface area contributed by atoms with Crippen molar-refractivity contribution >= 4 is 45.0 Å². The normalized spacial score (nSPS) is 19.1. The number of aryl methyl sites for hydroxylation is 2.